The molecule has 1 atom stereocenters. The minimum Gasteiger partial charge on any atom is -0.494 e. The minimum absolute atomic E-state index is 0.184. The van der Waals surface area contributed by atoms with Crippen molar-refractivity contribution in [1.82, 2.24) is 5.32 Å². The molecule has 0 aromatic heterocycles. The zero-order valence-electron chi connectivity index (χ0n) is 20.2. The van der Waals surface area contributed by atoms with E-state index in [0.29, 0.717) is 25.2 Å². The predicted molar refractivity (Wildman–Crippen MR) is 123 cm³/mol. The van der Waals surface area contributed by atoms with Crippen LogP contribution in [0.25, 0.3) is 10.4 Å². The number of unbranched alkanes of at least 4 members (excludes halogenated alkanes) is 1. The van der Waals surface area contributed by atoms with Gasteiger partial charge in [-0.2, -0.15) is 0 Å². The van der Waals surface area contributed by atoms with E-state index >= 15 is 0 Å². The number of esters is 1. The van der Waals surface area contributed by atoms with Crippen LogP contribution in [-0.2, 0) is 25.5 Å². The number of amides is 2. The molecule has 1 aromatic rings. The van der Waals surface area contributed by atoms with Gasteiger partial charge in [0.05, 0.1) is 6.61 Å². The molecule has 0 aliphatic rings. The van der Waals surface area contributed by atoms with Crippen LogP contribution in [0.3, 0.4) is 0 Å². The molecule has 0 heterocycles. The summed E-state index contributed by atoms with van der Waals surface area (Å²) < 4.78 is 16.4. The number of rotatable bonds is 10. The zero-order valence-corrected chi connectivity index (χ0v) is 20.2. The molecule has 10 nitrogen and oxygen atoms in total. The van der Waals surface area contributed by atoms with Crippen molar-refractivity contribution in [3.63, 3.8) is 0 Å². The van der Waals surface area contributed by atoms with Crippen molar-refractivity contribution in [3.8, 4) is 5.75 Å². The summed E-state index contributed by atoms with van der Waals surface area (Å²) in [6, 6.07) is 6.21. The summed E-state index contributed by atoms with van der Waals surface area (Å²) in [5.41, 5.74) is 7.60. The Balaban J connectivity index is 2.69. The summed E-state index contributed by atoms with van der Waals surface area (Å²) in [5.74, 6) is -0.403. The highest BCUT2D eigenvalue weighted by molar-refractivity contribution is 5.82. The summed E-state index contributed by atoms with van der Waals surface area (Å²) in [7, 11) is 0. The molecule has 0 saturated heterocycles. The average molecular weight is 463 g/mol. The standard InChI is InChI=1S/C23H34N4O6/c1-22(2,3)32-20(29)18(25-21(30)33-23(4,5)6)15-16-10-12-17(13-11-16)31-14-8-7-9-19(28)26-27-24/h10-13,18H,7-9,14-15H2,1-6H3,(H,25,30). The fourth-order valence-corrected chi connectivity index (χ4v) is 2.64. The van der Waals surface area contributed by atoms with Crippen molar-refractivity contribution in [2.24, 2.45) is 5.11 Å². The lowest BCUT2D eigenvalue weighted by Crippen LogP contribution is -2.47. The van der Waals surface area contributed by atoms with Crippen LogP contribution in [0.1, 0.15) is 66.4 Å². The van der Waals surface area contributed by atoms with Gasteiger partial charge in [0.25, 0.3) is 0 Å². The van der Waals surface area contributed by atoms with Crippen LogP contribution in [0.2, 0.25) is 0 Å². The second kappa shape index (κ2) is 12.7. The van der Waals surface area contributed by atoms with E-state index in [4.69, 9.17) is 19.7 Å². The van der Waals surface area contributed by atoms with Gasteiger partial charge in [-0.15, -0.1) is 0 Å². The number of carbonyl (C=O) groups excluding carboxylic acids is 3. The molecule has 0 aliphatic carbocycles. The summed E-state index contributed by atoms with van der Waals surface area (Å²) in [6.07, 6.45) is 0.898. The van der Waals surface area contributed by atoms with Gasteiger partial charge in [-0.3, -0.25) is 4.79 Å². The van der Waals surface area contributed by atoms with Gasteiger partial charge in [0.1, 0.15) is 23.0 Å². The Hall–Kier alpha value is -3.26. The third kappa shape index (κ3) is 13.0. The number of ether oxygens (including phenoxy) is 3. The molecular formula is C23H34N4O6. The van der Waals surface area contributed by atoms with E-state index in [1.165, 1.54) is 0 Å². The molecule has 0 saturated carbocycles. The second-order valence-corrected chi connectivity index (χ2v) is 9.47. The van der Waals surface area contributed by atoms with Gasteiger partial charge >= 0.3 is 12.1 Å². The molecule has 1 rings (SSSR count). The molecule has 0 radical (unpaired) electrons. The molecule has 0 aliphatic heterocycles. The Morgan fingerprint density at radius 1 is 1.00 bits per heavy atom. The van der Waals surface area contributed by atoms with Gasteiger partial charge in [-0.1, -0.05) is 12.1 Å². The Kier molecular flexibility index (Phi) is 10.7. The molecule has 2 amide bonds. The van der Waals surface area contributed by atoms with Gasteiger partial charge < -0.3 is 19.5 Å². The van der Waals surface area contributed by atoms with E-state index in [2.05, 4.69) is 15.3 Å². The molecule has 0 bridgehead atoms. The van der Waals surface area contributed by atoms with Crippen LogP contribution < -0.4 is 10.1 Å². The molecular weight excluding hydrogens is 428 g/mol. The largest absolute Gasteiger partial charge is 0.494 e. The third-order valence-electron chi connectivity index (χ3n) is 3.96. The van der Waals surface area contributed by atoms with Crippen molar-refractivity contribution in [3.05, 3.63) is 40.3 Å². The highest BCUT2D eigenvalue weighted by atomic mass is 16.6. The molecule has 1 aromatic carbocycles. The zero-order chi connectivity index (χ0) is 25.1. The van der Waals surface area contributed by atoms with Crippen LogP contribution in [0.15, 0.2) is 29.4 Å². The first-order valence-electron chi connectivity index (χ1n) is 10.8. The lowest BCUT2D eigenvalue weighted by molar-refractivity contribution is -0.157. The first-order chi connectivity index (χ1) is 15.3. The molecule has 33 heavy (non-hydrogen) atoms. The highest BCUT2D eigenvalue weighted by Gasteiger charge is 2.28. The molecule has 10 heteroatoms. The quantitative estimate of drug-likeness (QED) is 0.173. The molecule has 182 valence electrons. The van der Waals surface area contributed by atoms with E-state index in [-0.39, 0.29) is 12.8 Å². The number of alkyl carbamates (subject to hydrolysis) is 1. The van der Waals surface area contributed by atoms with E-state index in [9.17, 15) is 14.4 Å². The molecule has 0 spiro atoms. The smallest absolute Gasteiger partial charge is 0.408 e. The topological polar surface area (TPSA) is 140 Å². The molecule has 1 N–H and O–H groups in total. The summed E-state index contributed by atoms with van der Waals surface area (Å²) in [5, 5.41) is 5.62. The summed E-state index contributed by atoms with van der Waals surface area (Å²) in [4.78, 5) is 38.5. The summed E-state index contributed by atoms with van der Waals surface area (Å²) >= 11 is 0. The van der Waals surface area contributed by atoms with E-state index < -0.39 is 35.2 Å². The van der Waals surface area contributed by atoms with Gasteiger partial charge in [0.2, 0.25) is 5.91 Å². The van der Waals surface area contributed by atoms with E-state index in [0.717, 1.165) is 5.56 Å². The van der Waals surface area contributed by atoms with E-state index in [1.807, 2.05) is 0 Å². The van der Waals surface area contributed by atoms with Crippen molar-refractivity contribution in [1.29, 1.82) is 0 Å². The summed E-state index contributed by atoms with van der Waals surface area (Å²) in [6.45, 7) is 10.9. The third-order valence-corrected chi connectivity index (χ3v) is 3.96. The monoisotopic (exact) mass is 462 g/mol. The maximum Gasteiger partial charge on any atom is 0.408 e. The highest BCUT2D eigenvalue weighted by Crippen LogP contribution is 2.17. The van der Waals surface area contributed by atoms with Crippen LogP contribution in [0.5, 0.6) is 5.75 Å². The average Bonchev–Trinajstić information content (AvgIpc) is 2.66. The Morgan fingerprint density at radius 2 is 1.61 bits per heavy atom. The lowest BCUT2D eigenvalue weighted by atomic mass is 10.1. The number of hydrogen-bond acceptors (Lipinski definition) is 6. The van der Waals surface area contributed by atoms with Crippen molar-refractivity contribution in [2.45, 2.75) is 84.5 Å². The fourth-order valence-electron chi connectivity index (χ4n) is 2.64. The first-order valence-corrected chi connectivity index (χ1v) is 10.8. The SMILES string of the molecule is CC(C)(C)OC(=O)NC(Cc1ccc(OCCCCC(=O)N=[N+]=[N-])cc1)C(=O)OC(C)(C)C. The van der Waals surface area contributed by atoms with Crippen molar-refractivity contribution in [2.75, 3.05) is 6.61 Å². The first kappa shape index (κ1) is 27.8. The predicted octanol–water partition coefficient (Wildman–Crippen LogP) is 4.85. The van der Waals surface area contributed by atoms with Crippen molar-refractivity contribution < 1.29 is 28.6 Å². The minimum atomic E-state index is -0.917. The Labute approximate surface area is 194 Å². The van der Waals surface area contributed by atoms with Gasteiger partial charge in [-0.25, -0.2) is 9.59 Å². The Morgan fingerprint density at radius 3 is 2.15 bits per heavy atom. The maximum atomic E-state index is 12.7. The number of carbonyl (C=O) groups is 3. The van der Waals surface area contributed by atoms with Gasteiger partial charge in [0, 0.05) is 17.8 Å². The van der Waals surface area contributed by atoms with Gasteiger partial charge in [-0.05, 0) is 82.7 Å². The number of nitrogens with zero attached hydrogens (tertiary/aromatic N) is 3. The van der Waals surface area contributed by atoms with Crippen molar-refractivity contribution >= 4 is 18.0 Å². The van der Waals surface area contributed by atoms with Crippen LogP contribution in [-0.4, -0.2) is 41.8 Å². The fraction of sp³-hybridized carbons (Fsp3) is 0.609. The van der Waals surface area contributed by atoms with Crippen LogP contribution in [0, 0.1) is 0 Å². The normalized spacial score (nSPS) is 12.2. The number of hydrogen-bond donors (Lipinski definition) is 1. The molecule has 0 fully saturated rings. The molecule has 1 unspecified atom stereocenters. The van der Waals surface area contributed by atoms with Crippen LogP contribution >= 0.6 is 0 Å². The number of nitrogens with one attached hydrogen (secondary N) is 1. The second-order valence-electron chi connectivity index (χ2n) is 9.47. The lowest BCUT2D eigenvalue weighted by Gasteiger charge is -2.26. The van der Waals surface area contributed by atoms with E-state index in [1.54, 1.807) is 65.8 Å². The van der Waals surface area contributed by atoms with Crippen LogP contribution in [0.4, 0.5) is 4.79 Å². The number of azide groups is 1. The Bertz CT molecular complexity index is 849. The van der Waals surface area contributed by atoms with Gasteiger partial charge in [0.15, 0.2) is 0 Å². The number of benzene rings is 1. The maximum absolute atomic E-state index is 12.7.